The predicted octanol–water partition coefficient (Wildman–Crippen LogP) is 2.38. The molecule has 0 aliphatic carbocycles. The van der Waals surface area contributed by atoms with Crippen LogP contribution in [0, 0.1) is 19.3 Å². The SMILES string of the molecule is Cc1sc(NC(=O)C(C)(C)C)c(C(=O)OC(C)C(N)=O)c1C. The number of ether oxygens (including phenoxy) is 1. The summed E-state index contributed by atoms with van der Waals surface area (Å²) >= 11 is 1.30. The Morgan fingerprint density at radius 3 is 2.23 bits per heavy atom. The minimum atomic E-state index is -1.03. The van der Waals surface area contributed by atoms with Crippen molar-refractivity contribution in [3.05, 3.63) is 16.0 Å². The molecule has 6 nitrogen and oxygen atoms in total. The van der Waals surface area contributed by atoms with E-state index in [4.69, 9.17) is 10.5 Å². The second-order valence-corrected chi connectivity index (χ2v) is 7.37. The number of nitrogens with two attached hydrogens (primary N) is 1. The van der Waals surface area contributed by atoms with E-state index in [0.29, 0.717) is 5.00 Å². The van der Waals surface area contributed by atoms with Crippen LogP contribution in [0.4, 0.5) is 5.00 Å². The Hall–Kier alpha value is -1.89. The van der Waals surface area contributed by atoms with E-state index >= 15 is 0 Å². The second kappa shape index (κ2) is 6.48. The minimum absolute atomic E-state index is 0.203. The average Bonchev–Trinajstić information content (AvgIpc) is 2.63. The highest BCUT2D eigenvalue weighted by Crippen LogP contribution is 2.34. The van der Waals surface area contributed by atoms with Crippen molar-refractivity contribution in [2.45, 2.75) is 47.6 Å². The maximum Gasteiger partial charge on any atom is 0.342 e. The molecule has 1 heterocycles. The van der Waals surface area contributed by atoms with Gasteiger partial charge in [-0.25, -0.2) is 4.79 Å². The first-order valence-electron chi connectivity index (χ1n) is 6.87. The number of hydrogen-bond acceptors (Lipinski definition) is 5. The molecule has 22 heavy (non-hydrogen) atoms. The summed E-state index contributed by atoms with van der Waals surface area (Å²) in [5, 5.41) is 3.19. The number of thiophene rings is 1. The fourth-order valence-electron chi connectivity index (χ4n) is 1.53. The molecular weight excluding hydrogens is 304 g/mol. The standard InChI is InChI=1S/C15H22N2O4S/c1-7-9(3)22-12(17-14(20)15(4,5)6)10(7)13(19)21-8(2)11(16)18/h8H,1-6H3,(H2,16,18)(H,17,20). The summed E-state index contributed by atoms with van der Waals surface area (Å²) in [6.45, 7) is 10.4. The van der Waals surface area contributed by atoms with Gasteiger partial charge in [-0.1, -0.05) is 20.8 Å². The molecule has 0 saturated carbocycles. The molecule has 1 unspecified atom stereocenters. The molecule has 1 rings (SSSR count). The van der Waals surface area contributed by atoms with Gasteiger partial charge in [0, 0.05) is 10.3 Å². The van der Waals surface area contributed by atoms with Crippen molar-refractivity contribution in [1.29, 1.82) is 0 Å². The lowest BCUT2D eigenvalue weighted by Crippen LogP contribution is -2.31. The first-order chi connectivity index (χ1) is 9.95. The van der Waals surface area contributed by atoms with Crippen molar-refractivity contribution in [1.82, 2.24) is 0 Å². The summed E-state index contributed by atoms with van der Waals surface area (Å²) in [6, 6.07) is 0. The van der Waals surface area contributed by atoms with Gasteiger partial charge in [0.1, 0.15) is 5.00 Å². The molecule has 2 amide bonds. The van der Waals surface area contributed by atoms with Crippen molar-refractivity contribution in [3.63, 3.8) is 0 Å². The molecule has 1 aromatic heterocycles. The van der Waals surface area contributed by atoms with Gasteiger partial charge in [0.15, 0.2) is 6.10 Å². The lowest BCUT2D eigenvalue weighted by Gasteiger charge is -2.18. The molecule has 3 N–H and O–H groups in total. The van der Waals surface area contributed by atoms with E-state index in [9.17, 15) is 14.4 Å². The van der Waals surface area contributed by atoms with E-state index in [1.165, 1.54) is 18.3 Å². The molecule has 0 aliphatic heterocycles. The third-order valence-corrected chi connectivity index (χ3v) is 4.30. The van der Waals surface area contributed by atoms with E-state index in [1.807, 2.05) is 6.92 Å². The number of esters is 1. The van der Waals surface area contributed by atoms with Crippen LogP contribution in [0.2, 0.25) is 0 Å². The first kappa shape index (κ1) is 18.2. The Morgan fingerprint density at radius 1 is 1.23 bits per heavy atom. The lowest BCUT2D eigenvalue weighted by molar-refractivity contribution is -0.125. The molecule has 7 heteroatoms. The van der Waals surface area contributed by atoms with E-state index < -0.39 is 23.4 Å². The van der Waals surface area contributed by atoms with Gasteiger partial charge in [-0.05, 0) is 26.3 Å². The largest absolute Gasteiger partial charge is 0.449 e. The highest BCUT2D eigenvalue weighted by Gasteiger charge is 2.28. The van der Waals surface area contributed by atoms with Gasteiger partial charge < -0.3 is 15.8 Å². The zero-order chi connectivity index (χ0) is 17.2. The summed E-state index contributed by atoms with van der Waals surface area (Å²) in [4.78, 5) is 36.3. The van der Waals surface area contributed by atoms with Crippen molar-refractivity contribution in [2.75, 3.05) is 5.32 Å². The highest BCUT2D eigenvalue weighted by molar-refractivity contribution is 7.16. The van der Waals surface area contributed by atoms with E-state index in [0.717, 1.165) is 10.4 Å². The number of carbonyl (C=O) groups excluding carboxylic acids is 3. The van der Waals surface area contributed by atoms with Crippen molar-refractivity contribution < 1.29 is 19.1 Å². The van der Waals surface area contributed by atoms with Crippen LogP contribution in [-0.4, -0.2) is 23.9 Å². The van der Waals surface area contributed by atoms with E-state index in [1.54, 1.807) is 27.7 Å². The molecule has 0 spiro atoms. The number of primary amides is 1. The summed E-state index contributed by atoms with van der Waals surface area (Å²) in [5.41, 5.74) is 5.50. The Morgan fingerprint density at radius 2 is 1.77 bits per heavy atom. The van der Waals surface area contributed by atoms with Crippen LogP contribution >= 0.6 is 11.3 Å². The van der Waals surface area contributed by atoms with Crippen LogP contribution < -0.4 is 11.1 Å². The topological polar surface area (TPSA) is 98.5 Å². The van der Waals surface area contributed by atoms with Gasteiger partial charge in [-0.15, -0.1) is 11.3 Å². The Bertz CT molecular complexity index is 614. The average molecular weight is 326 g/mol. The predicted molar refractivity (Wildman–Crippen MR) is 85.9 cm³/mol. The molecular formula is C15H22N2O4S. The smallest absolute Gasteiger partial charge is 0.342 e. The third kappa shape index (κ3) is 4.07. The number of amides is 2. The van der Waals surface area contributed by atoms with Crippen LogP contribution in [0.3, 0.4) is 0 Å². The fourth-order valence-corrected chi connectivity index (χ4v) is 2.57. The van der Waals surface area contributed by atoms with Gasteiger partial charge in [0.25, 0.3) is 5.91 Å². The highest BCUT2D eigenvalue weighted by atomic mass is 32.1. The van der Waals surface area contributed by atoms with Crippen molar-refractivity contribution in [3.8, 4) is 0 Å². The summed E-state index contributed by atoms with van der Waals surface area (Å²) in [6.07, 6.45) is -1.03. The number of hydrogen-bond donors (Lipinski definition) is 2. The minimum Gasteiger partial charge on any atom is -0.449 e. The van der Waals surface area contributed by atoms with E-state index in [2.05, 4.69) is 5.32 Å². The Kier molecular flexibility index (Phi) is 5.35. The maximum absolute atomic E-state index is 12.3. The maximum atomic E-state index is 12.3. The third-order valence-electron chi connectivity index (χ3n) is 3.18. The molecule has 122 valence electrons. The van der Waals surface area contributed by atoms with Crippen molar-refractivity contribution in [2.24, 2.45) is 11.1 Å². The number of rotatable bonds is 4. The molecule has 0 bridgehead atoms. The number of aryl methyl sites for hydroxylation is 1. The molecule has 0 aromatic carbocycles. The quantitative estimate of drug-likeness (QED) is 0.830. The number of anilines is 1. The molecule has 0 fully saturated rings. The Balaban J connectivity index is 3.12. The number of nitrogens with one attached hydrogen (secondary N) is 1. The lowest BCUT2D eigenvalue weighted by atomic mass is 9.96. The van der Waals surface area contributed by atoms with Crippen LogP contribution in [0.25, 0.3) is 0 Å². The zero-order valence-electron chi connectivity index (χ0n) is 13.7. The normalized spacial score (nSPS) is 12.6. The summed E-state index contributed by atoms with van der Waals surface area (Å²) in [5.74, 6) is -1.60. The monoisotopic (exact) mass is 326 g/mol. The molecule has 1 atom stereocenters. The van der Waals surface area contributed by atoms with Gasteiger partial charge >= 0.3 is 5.97 Å². The molecule has 0 saturated heterocycles. The number of carbonyl (C=O) groups is 3. The first-order valence-corrected chi connectivity index (χ1v) is 7.68. The van der Waals surface area contributed by atoms with Crippen molar-refractivity contribution >= 4 is 34.1 Å². The van der Waals surface area contributed by atoms with Crippen LogP contribution in [-0.2, 0) is 14.3 Å². The fraction of sp³-hybridized carbons (Fsp3) is 0.533. The van der Waals surface area contributed by atoms with Gasteiger partial charge in [0.2, 0.25) is 5.91 Å². The van der Waals surface area contributed by atoms with Crippen LogP contribution in [0.1, 0.15) is 48.5 Å². The van der Waals surface area contributed by atoms with Gasteiger partial charge in [-0.2, -0.15) is 0 Å². The molecule has 1 aromatic rings. The molecule has 0 aliphatic rings. The van der Waals surface area contributed by atoms with Gasteiger partial charge in [0.05, 0.1) is 5.56 Å². The summed E-state index contributed by atoms with van der Waals surface area (Å²) < 4.78 is 5.04. The van der Waals surface area contributed by atoms with E-state index in [-0.39, 0.29) is 11.5 Å². The zero-order valence-corrected chi connectivity index (χ0v) is 14.5. The Labute approximate surface area is 134 Å². The summed E-state index contributed by atoms with van der Waals surface area (Å²) in [7, 11) is 0. The second-order valence-electron chi connectivity index (χ2n) is 6.14. The van der Waals surface area contributed by atoms with Gasteiger partial charge in [-0.3, -0.25) is 9.59 Å². The van der Waals surface area contributed by atoms with Crippen LogP contribution in [0.15, 0.2) is 0 Å². The van der Waals surface area contributed by atoms with Crippen LogP contribution in [0.5, 0.6) is 0 Å². The molecule has 0 radical (unpaired) electrons.